The van der Waals surface area contributed by atoms with Crippen LogP contribution in [0.5, 0.6) is 0 Å². The molecule has 0 radical (unpaired) electrons. The molecule has 2 aromatic rings. The first-order chi connectivity index (χ1) is 9.31. The molecule has 1 aliphatic rings. The number of nitrogens with two attached hydrogens (primary N) is 1. The van der Waals surface area contributed by atoms with E-state index in [9.17, 15) is 0 Å². The van der Waals surface area contributed by atoms with Crippen molar-refractivity contribution in [2.45, 2.75) is 19.4 Å². The second kappa shape index (κ2) is 5.32. The van der Waals surface area contributed by atoms with Gasteiger partial charge in [0.1, 0.15) is 0 Å². The van der Waals surface area contributed by atoms with Crippen LogP contribution in [0.3, 0.4) is 0 Å². The Balaban J connectivity index is 1.61. The quantitative estimate of drug-likeness (QED) is 0.888. The van der Waals surface area contributed by atoms with E-state index in [2.05, 4.69) is 44.3 Å². The monoisotopic (exact) mass is 255 g/mol. The summed E-state index contributed by atoms with van der Waals surface area (Å²) in [7, 11) is 0. The van der Waals surface area contributed by atoms with E-state index in [1.807, 2.05) is 6.07 Å². The van der Waals surface area contributed by atoms with Crippen LogP contribution in [0, 0.1) is 0 Å². The van der Waals surface area contributed by atoms with Gasteiger partial charge in [-0.25, -0.2) is 4.98 Å². The molecule has 1 aliphatic heterocycles. The largest absolute Gasteiger partial charge is 0.366 e. The highest BCUT2D eigenvalue weighted by Gasteiger charge is 2.19. The average Bonchev–Trinajstić information content (AvgIpc) is 2.46. The minimum Gasteiger partial charge on any atom is -0.366 e. The molecule has 5 heteroatoms. The molecule has 0 saturated heterocycles. The Kier molecular flexibility index (Phi) is 3.37. The number of hydrogen-bond donors (Lipinski definition) is 1. The molecule has 5 nitrogen and oxygen atoms in total. The molecular formula is C14H17N5. The van der Waals surface area contributed by atoms with Gasteiger partial charge in [-0.15, -0.1) is 10.2 Å². The topological polar surface area (TPSA) is 67.9 Å². The molecule has 0 spiro atoms. The minimum atomic E-state index is 0.275. The maximum Gasteiger partial charge on any atom is 0.240 e. The van der Waals surface area contributed by atoms with Crippen molar-refractivity contribution in [1.29, 1.82) is 0 Å². The van der Waals surface area contributed by atoms with E-state index in [1.165, 1.54) is 5.56 Å². The molecule has 2 heterocycles. The van der Waals surface area contributed by atoms with Crippen molar-refractivity contribution >= 4 is 5.95 Å². The number of nitrogens with zero attached hydrogens (tertiary/aromatic N) is 4. The van der Waals surface area contributed by atoms with Gasteiger partial charge in [-0.1, -0.05) is 30.3 Å². The fourth-order valence-corrected chi connectivity index (χ4v) is 2.40. The van der Waals surface area contributed by atoms with Gasteiger partial charge >= 0.3 is 0 Å². The van der Waals surface area contributed by atoms with Crippen LogP contribution >= 0.6 is 0 Å². The molecule has 0 fully saturated rings. The van der Waals surface area contributed by atoms with E-state index in [-0.39, 0.29) is 5.95 Å². The highest BCUT2D eigenvalue weighted by Crippen LogP contribution is 2.15. The number of rotatable bonds is 3. The molecule has 0 aliphatic carbocycles. The maximum absolute atomic E-state index is 5.55. The van der Waals surface area contributed by atoms with Crippen molar-refractivity contribution in [2.24, 2.45) is 0 Å². The summed E-state index contributed by atoms with van der Waals surface area (Å²) in [6.45, 7) is 2.87. The molecule has 0 atom stereocenters. The number of hydrogen-bond acceptors (Lipinski definition) is 5. The smallest absolute Gasteiger partial charge is 0.240 e. The summed E-state index contributed by atoms with van der Waals surface area (Å²) in [5, 5.41) is 7.98. The van der Waals surface area contributed by atoms with Gasteiger partial charge in [-0.05, 0) is 12.0 Å². The first kappa shape index (κ1) is 12.0. The van der Waals surface area contributed by atoms with E-state index in [0.29, 0.717) is 0 Å². The van der Waals surface area contributed by atoms with Crippen molar-refractivity contribution in [3.8, 4) is 0 Å². The summed E-state index contributed by atoms with van der Waals surface area (Å²) >= 11 is 0. The third-order valence-electron chi connectivity index (χ3n) is 3.45. The molecule has 1 aromatic heterocycles. The number of nitrogen functional groups attached to an aromatic ring is 1. The van der Waals surface area contributed by atoms with Crippen LogP contribution in [0.25, 0.3) is 0 Å². The summed E-state index contributed by atoms with van der Waals surface area (Å²) in [5.74, 6) is 0.275. The predicted molar refractivity (Wildman–Crippen MR) is 73.4 cm³/mol. The van der Waals surface area contributed by atoms with Crippen LogP contribution in [-0.2, 0) is 19.4 Å². The lowest BCUT2D eigenvalue weighted by atomic mass is 10.1. The molecule has 98 valence electrons. The minimum absolute atomic E-state index is 0.275. The Morgan fingerprint density at radius 2 is 1.95 bits per heavy atom. The molecule has 19 heavy (non-hydrogen) atoms. The molecule has 1 aromatic carbocycles. The van der Waals surface area contributed by atoms with Crippen molar-refractivity contribution in [2.75, 3.05) is 18.8 Å². The lowest BCUT2D eigenvalue weighted by Gasteiger charge is -2.26. The third-order valence-corrected chi connectivity index (χ3v) is 3.45. The first-order valence-electron chi connectivity index (χ1n) is 6.55. The Bertz CT molecular complexity index is 555. The summed E-state index contributed by atoms with van der Waals surface area (Å²) in [6, 6.07) is 10.5. The zero-order valence-electron chi connectivity index (χ0n) is 10.8. The van der Waals surface area contributed by atoms with Crippen molar-refractivity contribution in [3.05, 3.63) is 47.3 Å². The van der Waals surface area contributed by atoms with Gasteiger partial charge < -0.3 is 5.73 Å². The summed E-state index contributed by atoms with van der Waals surface area (Å²) in [4.78, 5) is 6.63. The number of fused-ring (bicyclic) bond motifs is 1. The Hall–Kier alpha value is -2.01. The van der Waals surface area contributed by atoms with E-state index >= 15 is 0 Å². The van der Waals surface area contributed by atoms with Gasteiger partial charge in [0.25, 0.3) is 0 Å². The lowest BCUT2D eigenvalue weighted by Crippen LogP contribution is -2.33. The van der Waals surface area contributed by atoms with Gasteiger partial charge in [-0.3, -0.25) is 4.90 Å². The van der Waals surface area contributed by atoms with Crippen molar-refractivity contribution < 1.29 is 0 Å². The van der Waals surface area contributed by atoms with E-state index < -0.39 is 0 Å². The lowest BCUT2D eigenvalue weighted by molar-refractivity contribution is 0.249. The van der Waals surface area contributed by atoms with Gasteiger partial charge in [0.2, 0.25) is 5.95 Å². The normalized spacial score (nSPS) is 15.2. The molecule has 2 N–H and O–H groups in total. The van der Waals surface area contributed by atoms with Gasteiger partial charge in [0.15, 0.2) is 0 Å². The van der Waals surface area contributed by atoms with Crippen molar-refractivity contribution in [1.82, 2.24) is 20.1 Å². The zero-order valence-corrected chi connectivity index (χ0v) is 10.8. The van der Waals surface area contributed by atoms with E-state index in [4.69, 9.17) is 5.73 Å². The Labute approximate surface area is 112 Å². The standard InChI is InChI=1S/C14H17N5/c15-14-16-12-7-9-19(10-13(12)17-18-14)8-6-11-4-2-1-3-5-11/h1-5H,6-10H2,(H2,15,16,18). The van der Waals surface area contributed by atoms with Crippen LogP contribution in [0.4, 0.5) is 5.95 Å². The van der Waals surface area contributed by atoms with Crippen LogP contribution in [-0.4, -0.2) is 33.2 Å². The van der Waals surface area contributed by atoms with E-state index in [1.54, 1.807) is 0 Å². The van der Waals surface area contributed by atoms with Crippen LogP contribution in [0.1, 0.15) is 17.0 Å². The van der Waals surface area contributed by atoms with Gasteiger partial charge in [0, 0.05) is 26.1 Å². The second-order valence-corrected chi connectivity index (χ2v) is 4.83. The van der Waals surface area contributed by atoms with Gasteiger partial charge in [-0.2, -0.15) is 0 Å². The summed E-state index contributed by atoms with van der Waals surface area (Å²) < 4.78 is 0. The Morgan fingerprint density at radius 1 is 1.11 bits per heavy atom. The van der Waals surface area contributed by atoms with Crippen LogP contribution in [0.15, 0.2) is 30.3 Å². The SMILES string of the molecule is Nc1nnc2c(n1)CCN(CCc1ccccc1)C2. The highest BCUT2D eigenvalue weighted by molar-refractivity contribution is 5.21. The predicted octanol–water partition coefficient (Wildman–Crippen LogP) is 1.05. The number of aromatic nitrogens is 3. The van der Waals surface area contributed by atoms with Crippen LogP contribution < -0.4 is 5.73 Å². The summed E-state index contributed by atoms with van der Waals surface area (Å²) in [5.41, 5.74) is 8.89. The molecule has 0 amide bonds. The highest BCUT2D eigenvalue weighted by atomic mass is 15.2. The molecule has 3 rings (SSSR count). The molecule has 0 bridgehead atoms. The second-order valence-electron chi connectivity index (χ2n) is 4.83. The zero-order chi connectivity index (χ0) is 13.1. The number of anilines is 1. The first-order valence-corrected chi connectivity index (χ1v) is 6.55. The molecule has 0 saturated carbocycles. The van der Waals surface area contributed by atoms with Crippen LogP contribution in [0.2, 0.25) is 0 Å². The van der Waals surface area contributed by atoms with E-state index in [0.717, 1.165) is 43.9 Å². The fourth-order valence-electron chi connectivity index (χ4n) is 2.40. The molecule has 0 unspecified atom stereocenters. The fraction of sp³-hybridized carbons (Fsp3) is 0.357. The van der Waals surface area contributed by atoms with Gasteiger partial charge in [0.05, 0.1) is 11.4 Å². The summed E-state index contributed by atoms with van der Waals surface area (Å²) in [6.07, 6.45) is 1.97. The number of benzene rings is 1. The van der Waals surface area contributed by atoms with Crippen molar-refractivity contribution in [3.63, 3.8) is 0 Å². The third kappa shape index (κ3) is 2.88. The maximum atomic E-state index is 5.55. The average molecular weight is 255 g/mol. The molecular weight excluding hydrogens is 238 g/mol. The Morgan fingerprint density at radius 3 is 2.79 bits per heavy atom.